The van der Waals surface area contributed by atoms with Crippen LogP contribution in [0, 0.1) is 17.8 Å². The number of likely N-dealkylation sites (tertiary alicyclic amines) is 1. The van der Waals surface area contributed by atoms with Crippen LogP contribution in [0.4, 0.5) is 4.79 Å². The van der Waals surface area contributed by atoms with E-state index in [0.29, 0.717) is 24.9 Å². The van der Waals surface area contributed by atoms with E-state index < -0.39 is 5.60 Å². The Kier molecular flexibility index (Phi) is 6.42. The minimum absolute atomic E-state index is 0.0996. The Morgan fingerprint density at radius 3 is 2.50 bits per heavy atom. The smallest absolute Gasteiger partial charge is 0.410 e. The number of aryl methyl sites for hydroxylation is 1. The number of fused-ring (bicyclic) bond motifs is 1. The molecule has 2 aliphatic heterocycles. The summed E-state index contributed by atoms with van der Waals surface area (Å²) in [5.41, 5.74) is 1.93. The van der Waals surface area contributed by atoms with Gasteiger partial charge < -0.3 is 19.1 Å². The molecule has 0 radical (unpaired) electrons. The van der Waals surface area contributed by atoms with Crippen molar-refractivity contribution < 1.29 is 23.8 Å². The van der Waals surface area contributed by atoms with Crippen LogP contribution < -0.4 is 4.74 Å². The van der Waals surface area contributed by atoms with E-state index in [-0.39, 0.29) is 30.0 Å². The Morgan fingerprint density at radius 2 is 1.88 bits per heavy atom. The van der Waals surface area contributed by atoms with Crippen molar-refractivity contribution in [3.63, 3.8) is 0 Å². The van der Waals surface area contributed by atoms with Gasteiger partial charge in [-0.05, 0) is 81.9 Å². The molecule has 1 aliphatic carbocycles. The second kappa shape index (κ2) is 8.95. The summed E-state index contributed by atoms with van der Waals surface area (Å²) in [6, 6.07) is 6.53. The van der Waals surface area contributed by atoms with Crippen LogP contribution in [0.2, 0.25) is 0 Å². The molecule has 1 amide bonds. The highest BCUT2D eigenvalue weighted by Gasteiger charge is 2.41. The predicted molar refractivity (Wildman–Crippen MR) is 122 cm³/mol. The van der Waals surface area contributed by atoms with Gasteiger partial charge in [-0.15, -0.1) is 0 Å². The van der Waals surface area contributed by atoms with Crippen molar-refractivity contribution in [1.82, 2.24) is 4.90 Å². The molecule has 1 aromatic rings. The van der Waals surface area contributed by atoms with Gasteiger partial charge in [-0.3, -0.25) is 4.79 Å². The number of amides is 1. The first kappa shape index (κ1) is 22.9. The largest absolute Gasteiger partial charge is 0.490 e. The highest BCUT2D eigenvalue weighted by atomic mass is 16.6. The van der Waals surface area contributed by atoms with Gasteiger partial charge in [0.15, 0.2) is 0 Å². The number of benzene rings is 1. The average molecular weight is 444 g/mol. The Bertz CT molecular complexity index is 850. The number of ether oxygens (including phenoxy) is 3. The lowest BCUT2D eigenvalue weighted by Gasteiger charge is -2.43. The maximum absolute atomic E-state index is 12.3. The van der Waals surface area contributed by atoms with E-state index in [0.717, 1.165) is 37.9 Å². The minimum Gasteiger partial charge on any atom is -0.490 e. The first-order valence-electron chi connectivity index (χ1n) is 12.0. The van der Waals surface area contributed by atoms with Crippen molar-refractivity contribution in [2.45, 2.75) is 77.4 Å². The standard InChI is InChI=1S/C26H37NO5/c1-16(24(28)30-5)23(18-10-11-18)19-12-9-17-7-6-8-21(31-22(17)13-19)20-14-27(15-20)25(29)32-26(2,3)4/h9,12-13,16,18,20-21,23H,6-8,10-11,14-15H2,1-5H3. The number of carbonyl (C=O) groups excluding carboxylic acids is 2. The molecule has 0 bridgehead atoms. The van der Waals surface area contributed by atoms with Gasteiger partial charge in [0.25, 0.3) is 0 Å². The Labute approximate surface area is 191 Å². The van der Waals surface area contributed by atoms with Gasteiger partial charge in [0.1, 0.15) is 17.5 Å². The summed E-state index contributed by atoms with van der Waals surface area (Å²) >= 11 is 0. The predicted octanol–water partition coefficient (Wildman–Crippen LogP) is 4.94. The number of hydrogen-bond acceptors (Lipinski definition) is 5. The van der Waals surface area contributed by atoms with Crippen molar-refractivity contribution in [2.75, 3.05) is 20.2 Å². The number of methoxy groups -OCH3 is 1. The van der Waals surface area contributed by atoms with Gasteiger partial charge in [-0.25, -0.2) is 4.79 Å². The molecule has 32 heavy (non-hydrogen) atoms. The van der Waals surface area contributed by atoms with Crippen molar-refractivity contribution in [3.8, 4) is 5.75 Å². The zero-order valence-electron chi connectivity index (χ0n) is 20.1. The number of hydrogen-bond donors (Lipinski definition) is 0. The Morgan fingerprint density at radius 1 is 1.16 bits per heavy atom. The van der Waals surface area contributed by atoms with E-state index in [1.165, 1.54) is 18.2 Å². The molecule has 0 N–H and O–H groups in total. The molecular formula is C26H37NO5. The summed E-state index contributed by atoms with van der Waals surface area (Å²) in [7, 11) is 1.46. The third kappa shape index (κ3) is 5.05. The van der Waals surface area contributed by atoms with E-state index in [4.69, 9.17) is 14.2 Å². The molecule has 1 aromatic carbocycles. The minimum atomic E-state index is -0.476. The Hall–Kier alpha value is -2.24. The third-order valence-corrected chi connectivity index (χ3v) is 7.02. The van der Waals surface area contributed by atoms with Crippen LogP contribution in [0.3, 0.4) is 0 Å². The molecule has 1 saturated heterocycles. The van der Waals surface area contributed by atoms with E-state index in [9.17, 15) is 9.59 Å². The SMILES string of the molecule is COC(=O)C(C)C(c1ccc2c(c1)OC(C1CN(C(=O)OC(C)(C)C)C1)CCC2)C1CC1. The topological polar surface area (TPSA) is 65.1 Å². The fraction of sp³-hybridized carbons (Fsp3) is 0.692. The van der Waals surface area contributed by atoms with Crippen molar-refractivity contribution in [3.05, 3.63) is 29.3 Å². The molecule has 6 nitrogen and oxygen atoms in total. The zero-order chi connectivity index (χ0) is 23.0. The lowest BCUT2D eigenvalue weighted by molar-refractivity contribution is -0.145. The molecule has 2 fully saturated rings. The fourth-order valence-electron chi connectivity index (χ4n) is 5.12. The molecule has 6 heteroatoms. The highest BCUT2D eigenvalue weighted by Crippen LogP contribution is 2.48. The summed E-state index contributed by atoms with van der Waals surface area (Å²) in [6.45, 7) is 9.00. The van der Waals surface area contributed by atoms with Crippen LogP contribution in [-0.2, 0) is 20.7 Å². The van der Waals surface area contributed by atoms with Crippen LogP contribution >= 0.6 is 0 Å². The van der Waals surface area contributed by atoms with Crippen LogP contribution in [0.5, 0.6) is 5.75 Å². The summed E-state index contributed by atoms with van der Waals surface area (Å²) in [5, 5.41) is 0. The monoisotopic (exact) mass is 443 g/mol. The molecule has 4 rings (SSSR count). The first-order valence-corrected chi connectivity index (χ1v) is 12.0. The normalized spacial score (nSPS) is 23.2. The van der Waals surface area contributed by atoms with Gasteiger partial charge >= 0.3 is 12.1 Å². The number of nitrogens with zero attached hydrogens (tertiary/aromatic N) is 1. The molecule has 0 spiro atoms. The fourth-order valence-corrected chi connectivity index (χ4v) is 5.12. The van der Waals surface area contributed by atoms with Crippen LogP contribution in [0.1, 0.15) is 70.4 Å². The zero-order valence-corrected chi connectivity index (χ0v) is 20.1. The van der Waals surface area contributed by atoms with Gasteiger partial charge in [-0.1, -0.05) is 19.1 Å². The van der Waals surface area contributed by atoms with Crippen molar-refractivity contribution >= 4 is 12.1 Å². The van der Waals surface area contributed by atoms with E-state index in [1.54, 1.807) is 4.90 Å². The molecule has 176 valence electrons. The van der Waals surface area contributed by atoms with Crippen LogP contribution in [0.25, 0.3) is 0 Å². The molecule has 1 saturated carbocycles. The molecule has 3 unspecified atom stereocenters. The Balaban J connectivity index is 1.45. The molecule has 3 aliphatic rings. The van der Waals surface area contributed by atoms with E-state index in [2.05, 4.69) is 18.2 Å². The van der Waals surface area contributed by atoms with E-state index in [1.807, 2.05) is 27.7 Å². The molecule has 3 atom stereocenters. The van der Waals surface area contributed by atoms with E-state index >= 15 is 0 Å². The van der Waals surface area contributed by atoms with Gasteiger partial charge in [0.2, 0.25) is 0 Å². The lowest BCUT2D eigenvalue weighted by Crippen LogP contribution is -2.56. The van der Waals surface area contributed by atoms with Crippen molar-refractivity contribution in [2.24, 2.45) is 17.8 Å². The highest BCUT2D eigenvalue weighted by molar-refractivity contribution is 5.73. The average Bonchev–Trinajstić information content (AvgIpc) is 3.52. The summed E-state index contributed by atoms with van der Waals surface area (Å²) < 4.78 is 17.1. The first-order chi connectivity index (χ1) is 15.2. The summed E-state index contributed by atoms with van der Waals surface area (Å²) in [5.74, 6) is 1.67. The summed E-state index contributed by atoms with van der Waals surface area (Å²) in [4.78, 5) is 26.3. The second-order valence-electron chi connectivity index (χ2n) is 10.7. The molecule has 2 heterocycles. The number of carbonyl (C=O) groups is 2. The van der Waals surface area contributed by atoms with Crippen LogP contribution in [0.15, 0.2) is 18.2 Å². The third-order valence-electron chi connectivity index (χ3n) is 7.02. The number of esters is 1. The van der Waals surface area contributed by atoms with Gasteiger partial charge in [0, 0.05) is 19.0 Å². The summed E-state index contributed by atoms with van der Waals surface area (Å²) in [6.07, 6.45) is 5.24. The lowest BCUT2D eigenvalue weighted by atomic mass is 9.82. The quantitative estimate of drug-likeness (QED) is 0.603. The van der Waals surface area contributed by atoms with Crippen molar-refractivity contribution in [1.29, 1.82) is 0 Å². The maximum Gasteiger partial charge on any atom is 0.410 e. The molecule has 0 aromatic heterocycles. The maximum atomic E-state index is 12.3. The number of rotatable bonds is 5. The van der Waals surface area contributed by atoms with Gasteiger partial charge in [-0.2, -0.15) is 0 Å². The van der Waals surface area contributed by atoms with Crippen LogP contribution in [-0.4, -0.2) is 48.9 Å². The second-order valence-corrected chi connectivity index (χ2v) is 10.7. The van der Waals surface area contributed by atoms with Gasteiger partial charge in [0.05, 0.1) is 13.0 Å². The molecular weight excluding hydrogens is 406 g/mol.